The Kier molecular flexibility index (Phi) is 2.77. The van der Waals surface area contributed by atoms with Crippen molar-refractivity contribution in [1.82, 2.24) is 0 Å². The van der Waals surface area contributed by atoms with Gasteiger partial charge in [0.15, 0.2) is 0 Å². The molecule has 0 aliphatic heterocycles. The van der Waals surface area contributed by atoms with Gasteiger partial charge in [-0.25, -0.2) is 4.79 Å². The molecule has 0 fully saturated rings. The van der Waals surface area contributed by atoms with E-state index in [0.29, 0.717) is 0 Å². The molecule has 1 atom stereocenters. The van der Waals surface area contributed by atoms with Crippen LogP contribution < -0.4 is 5.73 Å². The van der Waals surface area contributed by atoms with Gasteiger partial charge in [-0.2, -0.15) is 8.78 Å². The fourth-order valence-electron chi connectivity index (χ4n) is 1.28. The van der Waals surface area contributed by atoms with Gasteiger partial charge in [0, 0.05) is 12.0 Å². The van der Waals surface area contributed by atoms with Crippen molar-refractivity contribution in [3.8, 4) is 0 Å². The number of quaternary nitrogens is 1. The maximum Gasteiger partial charge on any atom is 0.331 e. The first kappa shape index (κ1) is 9.85. The smallest absolute Gasteiger partial charge is 0.331 e. The summed E-state index contributed by atoms with van der Waals surface area (Å²) in [5, 5.41) is 8.58. The molecule has 0 saturated heterocycles. The van der Waals surface area contributed by atoms with Gasteiger partial charge in [0.05, 0.1) is 5.57 Å². The topological polar surface area (TPSA) is 64.9 Å². The third-order valence-electron chi connectivity index (χ3n) is 2.04. The number of allylic oxidation sites excluding steroid dienone is 1. The Balaban J connectivity index is 2.87. The number of carboxylic acid groups (broad SMARTS) is 1. The Morgan fingerprint density at radius 1 is 1.62 bits per heavy atom. The van der Waals surface area contributed by atoms with E-state index in [4.69, 9.17) is 5.11 Å². The first-order chi connectivity index (χ1) is 6.02. The van der Waals surface area contributed by atoms with Crippen LogP contribution in [0.3, 0.4) is 0 Å². The summed E-state index contributed by atoms with van der Waals surface area (Å²) in [6.07, 6.45) is -0.334. The zero-order chi connectivity index (χ0) is 10.0. The summed E-state index contributed by atoms with van der Waals surface area (Å²) < 4.78 is 24.3. The second-order valence-corrected chi connectivity index (χ2v) is 2.93. The van der Waals surface area contributed by atoms with Gasteiger partial charge in [-0.3, -0.25) is 0 Å². The minimum absolute atomic E-state index is 0.00185. The molecule has 0 saturated carbocycles. The van der Waals surface area contributed by atoms with E-state index in [1.165, 1.54) is 6.08 Å². The third-order valence-corrected chi connectivity index (χ3v) is 2.04. The van der Waals surface area contributed by atoms with E-state index in [1.807, 2.05) is 0 Å². The van der Waals surface area contributed by atoms with Crippen molar-refractivity contribution in [1.29, 1.82) is 0 Å². The molecule has 5 heteroatoms. The summed E-state index contributed by atoms with van der Waals surface area (Å²) in [6, 6.07) is -0.610. The average Bonchev–Trinajstić information content (AvgIpc) is 2.03. The number of carboxylic acids is 1. The van der Waals surface area contributed by atoms with Crippen LogP contribution in [-0.4, -0.2) is 17.1 Å². The zero-order valence-corrected chi connectivity index (χ0v) is 6.89. The molecule has 1 aliphatic rings. The third kappa shape index (κ3) is 2.12. The van der Waals surface area contributed by atoms with Crippen LogP contribution in [0.15, 0.2) is 23.3 Å². The Morgan fingerprint density at radius 3 is 2.62 bits per heavy atom. The van der Waals surface area contributed by atoms with Crippen molar-refractivity contribution in [3.05, 3.63) is 23.3 Å². The van der Waals surface area contributed by atoms with Gasteiger partial charge in [-0.05, 0) is 6.42 Å². The zero-order valence-electron chi connectivity index (χ0n) is 6.89. The molecule has 0 amide bonds. The van der Waals surface area contributed by atoms with E-state index in [-0.39, 0.29) is 24.0 Å². The van der Waals surface area contributed by atoms with Gasteiger partial charge in [-0.1, -0.05) is 6.08 Å². The molecule has 0 aromatic carbocycles. The SMILES string of the molecule is [NH3+][C@H]1CC(C(=O)O)=CCC1=C(F)F. The summed E-state index contributed by atoms with van der Waals surface area (Å²) in [5.74, 6) is -1.05. The predicted molar refractivity (Wildman–Crippen MR) is 40.9 cm³/mol. The van der Waals surface area contributed by atoms with Crippen LogP contribution in [0.5, 0.6) is 0 Å². The van der Waals surface area contributed by atoms with E-state index >= 15 is 0 Å². The Morgan fingerprint density at radius 2 is 2.23 bits per heavy atom. The van der Waals surface area contributed by atoms with Crippen LogP contribution in [-0.2, 0) is 4.79 Å². The van der Waals surface area contributed by atoms with Gasteiger partial charge in [0.25, 0.3) is 6.08 Å². The maximum atomic E-state index is 12.2. The van der Waals surface area contributed by atoms with Crippen LogP contribution in [0.25, 0.3) is 0 Å². The van der Waals surface area contributed by atoms with Crippen molar-refractivity contribution >= 4 is 5.97 Å². The van der Waals surface area contributed by atoms with Gasteiger partial charge < -0.3 is 10.8 Å². The van der Waals surface area contributed by atoms with Crippen molar-refractivity contribution < 1.29 is 24.4 Å². The number of halogens is 2. The molecule has 1 aliphatic carbocycles. The summed E-state index contributed by atoms with van der Waals surface area (Å²) in [4.78, 5) is 10.5. The summed E-state index contributed by atoms with van der Waals surface area (Å²) in [5.41, 5.74) is 3.61. The Hall–Kier alpha value is -1.23. The van der Waals surface area contributed by atoms with Crippen LogP contribution in [0, 0.1) is 0 Å². The van der Waals surface area contributed by atoms with Crippen LogP contribution in [0.2, 0.25) is 0 Å². The lowest BCUT2D eigenvalue weighted by atomic mass is 9.91. The van der Waals surface area contributed by atoms with E-state index in [9.17, 15) is 13.6 Å². The molecule has 1 rings (SSSR count). The first-order valence-corrected chi connectivity index (χ1v) is 3.81. The fraction of sp³-hybridized carbons (Fsp3) is 0.375. The molecule has 0 heterocycles. The van der Waals surface area contributed by atoms with Crippen LogP contribution in [0.4, 0.5) is 8.78 Å². The van der Waals surface area contributed by atoms with E-state index in [1.54, 1.807) is 0 Å². The lowest BCUT2D eigenvalue weighted by Gasteiger charge is -2.16. The summed E-state index contributed by atoms with van der Waals surface area (Å²) in [6.45, 7) is 0. The minimum atomic E-state index is -1.74. The molecule has 0 unspecified atom stereocenters. The molecule has 3 nitrogen and oxygen atoms in total. The second kappa shape index (κ2) is 3.66. The predicted octanol–water partition coefficient (Wildman–Crippen LogP) is 0.552. The van der Waals surface area contributed by atoms with E-state index in [2.05, 4.69) is 5.73 Å². The molecule has 4 N–H and O–H groups in total. The van der Waals surface area contributed by atoms with Gasteiger partial charge in [0.2, 0.25) is 0 Å². The quantitative estimate of drug-likeness (QED) is 0.634. The van der Waals surface area contributed by atoms with Crippen LogP contribution >= 0.6 is 0 Å². The monoisotopic (exact) mass is 190 g/mol. The number of hydrogen-bond donors (Lipinski definition) is 2. The molecule has 0 radical (unpaired) electrons. The second-order valence-electron chi connectivity index (χ2n) is 2.93. The van der Waals surface area contributed by atoms with Crippen molar-refractivity contribution in [2.45, 2.75) is 18.9 Å². The molecule has 0 spiro atoms. The normalized spacial score (nSPS) is 22.5. The molecule has 13 heavy (non-hydrogen) atoms. The maximum absolute atomic E-state index is 12.2. The van der Waals surface area contributed by atoms with Crippen molar-refractivity contribution in [2.24, 2.45) is 0 Å². The highest BCUT2D eigenvalue weighted by Gasteiger charge is 2.26. The van der Waals surface area contributed by atoms with Crippen molar-refractivity contribution in [2.75, 3.05) is 0 Å². The highest BCUT2D eigenvalue weighted by Crippen LogP contribution is 2.24. The Bertz CT molecular complexity index is 293. The standard InChI is InChI=1S/C8H9F2NO2/c9-7(10)5-2-1-4(8(12)13)3-6(5)11/h1,6H,2-3,11H2,(H,12,13)/p+1/t6-/m0/s1. The lowest BCUT2D eigenvalue weighted by molar-refractivity contribution is -0.407. The fourth-order valence-corrected chi connectivity index (χ4v) is 1.28. The molecule has 0 bridgehead atoms. The highest BCUT2D eigenvalue weighted by molar-refractivity contribution is 5.87. The van der Waals surface area contributed by atoms with Gasteiger partial charge >= 0.3 is 5.97 Å². The number of carbonyl (C=O) groups is 1. The lowest BCUT2D eigenvalue weighted by Crippen LogP contribution is -2.62. The average molecular weight is 190 g/mol. The molecule has 0 aromatic rings. The molecule has 0 aromatic heterocycles. The highest BCUT2D eigenvalue weighted by atomic mass is 19.3. The Labute approximate surface area is 73.5 Å². The van der Waals surface area contributed by atoms with E-state index < -0.39 is 18.1 Å². The summed E-state index contributed by atoms with van der Waals surface area (Å²) in [7, 11) is 0. The summed E-state index contributed by atoms with van der Waals surface area (Å²) >= 11 is 0. The van der Waals surface area contributed by atoms with E-state index in [0.717, 1.165) is 0 Å². The minimum Gasteiger partial charge on any atom is -0.478 e. The van der Waals surface area contributed by atoms with Crippen LogP contribution in [0.1, 0.15) is 12.8 Å². The van der Waals surface area contributed by atoms with Crippen molar-refractivity contribution in [3.63, 3.8) is 0 Å². The molecular weight excluding hydrogens is 180 g/mol. The number of rotatable bonds is 1. The number of aliphatic carboxylic acids is 1. The number of hydrogen-bond acceptors (Lipinski definition) is 1. The largest absolute Gasteiger partial charge is 0.478 e. The molecule has 72 valence electrons. The molecular formula is C8H10F2NO2+. The first-order valence-electron chi connectivity index (χ1n) is 3.81. The van der Waals surface area contributed by atoms with Gasteiger partial charge in [0.1, 0.15) is 6.04 Å². The van der Waals surface area contributed by atoms with Gasteiger partial charge in [-0.15, -0.1) is 0 Å².